The Morgan fingerprint density at radius 1 is 1.45 bits per heavy atom. The first-order chi connectivity index (χ1) is 14.0. The van der Waals surface area contributed by atoms with Gasteiger partial charge in [0, 0.05) is 18.3 Å². The fraction of sp³-hybridized carbons (Fsp3) is 0.368. The summed E-state index contributed by atoms with van der Waals surface area (Å²) in [5, 5.41) is 4.13. The number of hydrogen-bond acceptors (Lipinski definition) is 8. The summed E-state index contributed by atoms with van der Waals surface area (Å²) in [7, 11) is 1.51. The van der Waals surface area contributed by atoms with Gasteiger partial charge in [0.25, 0.3) is 0 Å². The molecule has 2 N–H and O–H groups in total. The van der Waals surface area contributed by atoms with Gasteiger partial charge in [-0.25, -0.2) is 23.7 Å². The van der Waals surface area contributed by atoms with Crippen LogP contribution in [-0.4, -0.2) is 45.8 Å². The lowest BCUT2D eigenvalue weighted by molar-refractivity contribution is 0.0529. The highest BCUT2D eigenvalue weighted by atomic mass is 19.1. The van der Waals surface area contributed by atoms with Crippen molar-refractivity contribution in [1.29, 1.82) is 0 Å². The van der Waals surface area contributed by atoms with E-state index in [4.69, 9.17) is 15.2 Å². The number of hydrogen-bond donors (Lipinski definition) is 1. The third-order valence-electron chi connectivity index (χ3n) is 4.92. The van der Waals surface area contributed by atoms with Gasteiger partial charge in [-0.15, -0.1) is 5.10 Å². The lowest BCUT2D eigenvalue weighted by Gasteiger charge is -2.26. The number of rotatable bonds is 5. The van der Waals surface area contributed by atoms with E-state index in [1.807, 2.05) is 4.90 Å². The molecule has 0 bridgehead atoms. The Balaban J connectivity index is 1.77. The van der Waals surface area contributed by atoms with E-state index in [9.17, 15) is 9.18 Å². The highest BCUT2D eigenvalue weighted by molar-refractivity contribution is 6.00. The molecule has 10 heteroatoms. The van der Waals surface area contributed by atoms with Crippen molar-refractivity contribution in [3.05, 3.63) is 41.5 Å². The molecule has 1 saturated heterocycles. The maximum absolute atomic E-state index is 13.9. The van der Waals surface area contributed by atoms with Crippen molar-refractivity contribution >= 4 is 23.3 Å². The monoisotopic (exact) mass is 400 g/mol. The van der Waals surface area contributed by atoms with E-state index in [0.29, 0.717) is 29.5 Å². The number of ether oxygens (including phenoxy) is 2. The number of anilines is 2. The minimum atomic E-state index is -0.571. The smallest absolute Gasteiger partial charge is 0.345 e. The molecule has 4 rings (SSSR count). The van der Waals surface area contributed by atoms with E-state index in [2.05, 4.69) is 15.1 Å². The zero-order chi connectivity index (χ0) is 20.5. The number of carbonyl (C=O) groups is 1. The maximum atomic E-state index is 13.9. The Kier molecular flexibility index (Phi) is 4.91. The summed E-state index contributed by atoms with van der Waals surface area (Å²) in [4.78, 5) is 23.0. The van der Waals surface area contributed by atoms with Gasteiger partial charge < -0.3 is 20.1 Å². The zero-order valence-corrected chi connectivity index (χ0v) is 16.1. The van der Waals surface area contributed by atoms with Crippen molar-refractivity contribution < 1.29 is 18.7 Å². The van der Waals surface area contributed by atoms with Gasteiger partial charge in [0.05, 0.1) is 26.0 Å². The summed E-state index contributed by atoms with van der Waals surface area (Å²) in [5.41, 5.74) is 7.01. The number of halogens is 1. The molecule has 0 saturated carbocycles. The van der Waals surface area contributed by atoms with Gasteiger partial charge in [-0.1, -0.05) is 0 Å². The maximum Gasteiger partial charge on any atom is 0.345 e. The van der Waals surface area contributed by atoms with Crippen LogP contribution >= 0.6 is 0 Å². The van der Waals surface area contributed by atoms with Crippen molar-refractivity contribution in [3.63, 3.8) is 0 Å². The molecule has 0 aliphatic carbocycles. The van der Waals surface area contributed by atoms with Crippen LogP contribution < -0.4 is 15.4 Å². The molecule has 9 nitrogen and oxygen atoms in total. The molecule has 0 unspecified atom stereocenters. The third kappa shape index (κ3) is 3.30. The van der Waals surface area contributed by atoms with Gasteiger partial charge in [0.1, 0.15) is 17.2 Å². The Morgan fingerprint density at radius 3 is 3.03 bits per heavy atom. The summed E-state index contributed by atoms with van der Waals surface area (Å²) < 4.78 is 25.7. The molecular weight excluding hydrogens is 379 g/mol. The number of nitrogen functional groups attached to an aromatic ring is 1. The normalized spacial score (nSPS) is 16.4. The summed E-state index contributed by atoms with van der Waals surface area (Å²) in [5.74, 6) is 0.0619. The van der Waals surface area contributed by atoms with Gasteiger partial charge in [-0.2, -0.15) is 0 Å². The first kappa shape index (κ1) is 18.9. The lowest BCUT2D eigenvalue weighted by Crippen LogP contribution is -2.24. The quantitative estimate of drug-likeness (QED) is 0.651. The largest absolute Gasteiger partial charge is 0.481 e. The number of fused-ring (bicyclic) bond motifs is 1. The number of esters is 1. The fourth-order valence-corrected chi connectivity index (χ4v) is 3.71. The van der Waals surface area contributed by atoms with Crippen LogP contribution in [-0.2, 0) is 4.74 Å². The van der Waals surface area contributed by atoms with Crippen LogP contribution in [0.2, 0.25) is 0 Å². The summed E-state index contributed by atoms with van der Waals surface area (Å²) in [6, 6.07) is 3.06. The number of pyridine rings is 1. The molecule has 29 heavy (non-hydrogen) atoms. The zero-order valence-electron chi connectivity index (χ0n) is 16.1. The second-order valence-corrected chi connectivity index (χ2v) is 6.64. The fourth-order valence-electron chi connectivity index (χ4n) is 3.71. The van der Waals surface area contributed by atoms with Crippen molar-refractivity contribution in [1.82, 2.24) is 19.6 Å². The van der Waals surface area contributed by atoms with E-state index in [-0.39, 0.29) is 24.0 Å². The van der Waals surface area contributed by atoms with Crippen LogP contribution in [0.1, 0.15) is 41.7 Å². The second kappa shape index (κ2) is 7.53. The second-order valence-electron chi connectivity index (χ2n) is 6.64. The molecule has 0 amide bonds. The van der Waals surface area contributed by atoms with Gasteiger partial charge >= 0.3 is 5.97 Å². The molecule has 1 fully saturated rings. The average Bonchev–Trinajstić information content (AvgIpc) is 3.31. The predicted octanol–water partition coefficient (Wildman–Crippen LogP) is 2.37. The standard InChI is InChI=1S/C19H21FN6O3/c1-3-29-19(27)15-16(21)24-26-8-6-14(23-17(15)26)25-7-4-5-13(25)12-9-11(20)10-22-18(12)28-2/h6,8-10,13H,3-5,7H2,1-2H3,(H2,21,24)/t13-/m1/s1. The van der Waals surface area contributed by atoms with Crippen LogP contribution in [0, 0.1) is 5.82 Å². The highest BCUT2D eigenvalue weighted by Gasteiger charge is 2.31. The van der Waals surface area contributed by atoms with Crippen LogP contribution in [0.25, 0.3) is 5.65 Å². The number of methoxy groups -OCH3 is 1. The predicted molar refractivity (Wildman–Crippen MR) is 103 cm³/mol. The van der Waals surface area contributed by atoms with Crippen LogP contribution in [0.4, 0.5) is 16.0 Å². The number of carbonyl (C=O) groups excluding carboxylic acids is 1. The van der Waals surface area contributed by atoms with Crippen molar-refractivity contribution in [2.45, 2.75) is 25.8 Å². The SMILES string of the molecule is CCOC(=O)c1c(N)nn2ccc(N3CCC[C@@H]3c3cc(F)cnc3OC)nc12. The molecule has 3 aromatic rings. The minimum Gasteiger partial charge on any atom is -0.481 e. The van der Waals surface area contributed by atoms with Gasteiger partial charge in [0.15, 0.2) is 11.5 Å². The topological polar surface area (TPSA) is 108 Å². The van der Waals surface area contributed by atoms with E-state index in [1.165, 1.54) is 17.7 Å². The average molecular weight is 400 g/mol. The molecular formula is C19H21FN6O3. The van der Waals surface area contributed by atoms with Crippen LogP contribution in [0.5, 0.6) is 5.88 Å². The van der Waals surface area contributed by atoms with Crippen molar-refractivity contribution in [2.75, 3.05) is 30.9 Å². The molecule has 1 aliphatic heterocycles. The van der Waals surface area contributed by atoms with E-state index in [1.54, 1.807) is 19.2 Å². The Labute approximate surface area is 166 Å². The van der Waals surface area contributed by atoms with E-state index in [0.717, 1.165) is 19.0 Å². The van der Waals surface area contributed by atoms with Gasteiger partial charge in [-0.3, -0.25) is 0 Å². The number of nitrogens with two attached hydrogens (primary N) is 1. The summed E-state index contributed by atoms with van der Waals surface area (Å²) >= 11 is 0. The molecule has 0 aromatic carbocycles. The van der Waals surface area contributed by atoms with Gasteiger partial charge in [-0.05, 0) is 31.9 Å². The minimum absolute atomic E-state index is 0.0575. The van der Waals surface area contributed by atoms with E-state index >= 15 is 0 Å². The Bertz CT molecular complexity index is 1070. The number of nitrogens with zero attached hydrogens (tertiary/aromatic N) is 5. The summed E-state index contributed by atoms with van der Waals surface area (Å²) in [6.07, 6.45) is 4.50. The first-order valence-corrected chi connectivity index (χ1v) is 9.31. The molecule has 152 valence electrons. The Hall–Kier alpha value is -3.43. The molecule has 0 radical (unpaired) electrons. The van der Waals surface area contributed by atoms with Crippen molar-refractivity contribution in [3.8, 4) is 5.88 Å². The van der Waals surface area contributed by atoms with Gasteiger partial charge in [0.2, 0.25) is 5.88 Å². The summed E-state index contributed by atoms with van der Waals surface area (Å²) in [6.45, 7) is 2.65. The Morgan fingerprint density at radius 2 is 2.28 bits per heavy atom. The van der Waals surface area contributed by atoms with Crippen LogP contribution in [0.3, 0.4) is 0 Å². The molecule has 4 heterocycles. The molecule has 1 aliphatic rings. The first-order valence-electron chi connectivity index (χ1n) is 9.31. The number of aromatic nitrogens is 4. The van der Waals surface area contributed by atoms with E-state index < -0.39 is 11.8 Å². The molecule has 0 spiro atoms. The van der Waals surface area contributed by atoms with Crippen LogP contribution in [0.15, 0.2) is 24.5 Å². The molecule has 1 atom stereocenters. The molecule has 3 aromatic heterocycles. The lowest BCUT2D eigenvalue weighted by atomic mass is 10.1. The van der Waals surface area contributed by atoms with Crippen molar-refractivity contribution in [2.24, 2.45) is 0 Å². The third-order valence-corrected chi connectivity index (χ3v) is 4.92. The highest BCUT2D eigenvalue weighted by Crippen LogP contribution is 2.39.